The summed E-state index contributed by atoms with van der Waals surface area (Å²) in [6.45, 7) is 6.30. The summed E-state index contributed by atoms with van der Waals surface area (Å²) in [5, 5.41) is 10.7. The second kappa shape index (κ2) is 7.50. The monoisotopic (exact) mass is 393 g/mol. The maximum Gasteiger partial charge on any atom is 0.410 e. The molecule has 11 heteroatoms. The molecule has 1 aliphatic heterocycles. The van der Waals surface area contributed by atoms with Gasteiger partial charge in [0.2, 0.25) is 0 Å². The Morgan fingerprint density at radius 2 is 2.18 bits per heavy atom. The summed E-state index contributed by atoms with van der Waals surface area (Å²) in [5.41, 5.74) is -0.566. The van der Waals surface area contributed by atoms with Crippen molar-refractivity contribution in [3.63, 3.8) is 0 Å². The van der Waals surface area contributed by atoms with Gasteiger partial charge in [-0.15, -0.1) is 0 Å². The van der Waals surface area contributed by atoms with Crippen LogP contribution in [0.3, 0.4) is 0 Å². The van der Waals surface area contributed by atoms with Gasteiger partial charge >= 0.3 is 6.09 Å². The Bertz CT molecular complexity index is 894. The van der Waals surface area contributed by atoms with Crippen molar-refractivity contribution in [3.05, 3.63) is 46.4 Å². The third-order valence-electron chi connectivity index (χ3n) is 3.91. The number of nitro groups is 1. The van der Waals surface area contributed by atoms with Gasteiger partial charge in [-0.2, -0.15) is 0 Å². The number of hydrogen-bond donors (Lipinski definition) is 0. The first-order valence-electron chi connectivity index (χ1n) is 8.58. The van der Waals surface area contributed by atoms with Gasteiger partial charge in [-0.05, 0) is 20.8 Å². The summed E-state index contributed by atoms with van der Waals surface area (Å²) in [6.07, 6.45) is 2.87. The summed E-state index contributed by atoms with van der Waals surface area (Å²) in [6, 6.07) is 0.795. The largest absolute Gasteiger partial charge is 0.444 e. The van der Waals surface area contributed by atoms with Gasteiger partial charge in [0.1, 0.15) is 24.2 Å². The molecule has 2 aromatic rings. The van der Waals surface area contributed by atoms with Crippen molar-refractivity contribution in [2.75, 3.05) is 19.7 Å². The van der Waals surface area contributed by atoms with Crippen molar-refractivity contribution in [3.8, 4) is 5.82 Å². The summed E-state index contributed by atoms with van der Waals surface area (Å²) < 4.78 is 26.5. The molecule has 3 heterocycles. The fraction of sp³-hybridized carbons (Fsp3) is 0.471. The highest BCUT2D eigenvalue weighted by Gasteiger charge is 2.30. The van der Waals surface area contributed by atoms with E-state index in [4.69, 9.17) is 9.47 Å². The molecule has 1 amide bonds. The number of morpholine rings is 1. The molecule has 150 valence electrons. The molecular weight excluding hydrogens is 373 g/mol. The highest BCUT2D eigenvalue weighted by atomic mass is 19.1. The molecular formula is C17H20FN5O5. The second-order valence-corrected chi connectivity index (χ2v) is 7.25. The molecule has 28 heavy (non-hydrogen) atoms. The van der Waals surface area contributed by atoms with Gasteiger partial charge in [-0.1, -0.05) is 0 Å². The normalized spacial score (nSPS) is 17.4. The van der Waals surface area contributed by atoms with E-state index < -0.39 is 34.2 Å². The predicted octanol–water partition coefficient (Wildman–Crippen LogP) is 2.62. The molecule has 0 aliphatic carbocycles. The molecule has 0 bridgehead atoms. The number of rotatable bonds is 3. The van der Waals surface area contributed by atoms with Crippen LogP contribution in [0.4, 0.5) is 14.9 Å². The Morgan fingerprint density at radius 3 is 2.82 bits per heavy atom. The van der Waals surface area contributed by atoms with Crippen molar-refractivity contribution in [1.29, 1.82) is 0 Å². The van der Waals surface area contributed by atoms with E-state index in [1.54, 1.807) is 20.8 Å². The van der Waals surface area contributed by atoms with Gasteiger partial charge in [-0.25, -0.2) is 19.2 Å². The number of imidazole rings is 1. The van der Waals surface area contributed by atoms with Crippen molar-refractivity contribution in [1.82, 2.24) is 19.4 Å². The lowest BCUT2D eigenvalue weighted by atomic mass is 10.2. The maximum atomic E-state index is 14.2. The molecule has 1 aliphatic rings. The molecule has 0 spiro atoms. The zero-order valence-electron chi connectivity index (χ0n) is 15.7. The number of carbonyl (C=O) groups is 1. The molecule has 0 saturated carbocycles. The first-order valence-corrected chi connectivity index (χ1v) is 8.58. The lowest BCUT2D eigenvalue weighted by molar-refractivity contribution is -0.385. The Labute approximate surface area is 160 Å². The lowest BCUT2D eigenvalue weighted by Gasteiger charge is -2.33. The number of pyridine rings is 1. The standard InChI is InChI=1S/C17H20FN5O5/c1-17(2,3)28-16(24)21-4-5-27-14(9-21)13-8-22(10-20-13)15-12(18)6-11(7-19-15)23(25)26/h6-8,10,14H,4-5,9H2,1-3H3. The van der Waals surface area contributed by atoms with Gasteiger partial charge in [0.15, 0.2) is 11.6 Å². The topological polar surface area (TPSA) is 113 Å². The van der Waals surface area contributed by atoms with Crippen LogP contribution in [0.5, 0.6) is 0 Å². The van der Waals surface area contributed by atoms with Crippen LogP contribution in [0, 0.1) is 15.9 Å². The zero-order valence-corrected chi connectivity index (χ0v) is 15.7. The zero-order chi connectivity index (χ0) is 20.5. The molecule has 0 aromatic carbocycles. The van der Waals surface area contributed by atoms with Gasteiger partial charge in [-0.3, -0.25) is 14.7 Å². The van der Waals surface area contributed by atoms with Crippen molar-refractivity contribution in [2.24, 2.45) is 0 Å². The first-order chi connectivity index (χ1) is 13.1. The van der Waals surface area contributed by atoms with Crippen LogP contribution in [-0.2, 0) is 9.47 Å². The van der Waals surface area contributed by atoms with Crippen LogP contribution in [0.25, 0.3) is 5.82 Å². The number of nitrogens with zero attached hydrogens (tertiary/aromatic N) is 5. The summed E-state index contributed by atoms with van der Waals surface area (Å²) >= 11 is 0. The Morgan fingerprint density at radius 1 is 1.43 bits per heavy atom. The van der Waals surface area contributed by atoms with Crippen LogP contribution < -0.4 is 0 Å². The third-order valence-corrected chi connectivity index (χ3v) is 3.91. The van der Waals surface area contributed by atoms with E-state index in [0.717, 1.165) is 12.3 Å². The highest BCUT2D eigenvalue weighted by molar-refractivity contribution is 5.68. The van der Waals surface area contributed by atoms with E-state index in [1.807, 2.05) is 0 Å². The first kappa shape index (κ1) is 19.7. The number of halogens is 1. The predicted molar refractivity (Wildman–Crippen MR) is 94.5 cm³/mol. The van der Waals surface area contributed by atoms with Crippen LogP contribution in [0.15, 0.2) is 24.8 Å². The number of carbonyl (C=O) groups excluding carboxylic acids is 1. The summed E-state index contributed by atoms with van der Waals surface area (Å²) in [5.74, 6) is -0.970. The van der Waals surface area contributed by atoms with Crippen LogP contribution in [0.2, 0.25) is 0 Å². The molecule has 1 saturated heterocycles. The van der Waals surface area contributed by atoms with E-state index in [0.29, 0.717) is 18.8 Å². The number of aromatic nitrogens is 3. The quantitative estimate of drug-likeness (QED) is 0.582. The smallest absolute Gasteiger partial charge is 0.410 e. The molecule has 3 rings (SSSR count). The van der Waals surface area contributed by atoms with E-state index in [-0.39, 0.29) is 12.4 Å². The van der Waals surface area contributed by atoms with Gasteiger partial charge in [0, 0.05) is 12.7 Å². The molecule has 0 radical (unpaired) electrons. The van der Waals surface area contributed by atoms with Crippen molar-refractivity contribution in [2.45, 2.75) is 32.5 Å². The van der Waals surface area contributed by atoms with E-state index in [9.17, 15) is 19.3 Å². The molecule has 1 unspecified atom stereocenters. The number of amides is 1. The highest BCUT2D eigenvalue weighted by Crippen LogP contribution is 2.24. The fourth-order valence-electron chi connectivity index (χ4n) is 2.65. The second-order valence-electron chi connectivity index (χ2n) is 7.25. The van der Waals surface area contributed by atoms with Crippen LogP contribution in [0.1, 0.15) is 32.6 Å². The minimum Gasteiger partial charge on any atom is -0.444 e. The molecule has 1 fully saturated rings. The fourth-order valence-corrected chi connectivity index (χ4v) is 2.65. The van der Waals surface area contributed by atoms with Gasteiger partial charge in [0.05, 0.1) is 29.8 Å². The van der Waals surface area contributed by atoms with Gasteiger partial charge < -0.3 is 14.4 Å². The SMILES string of the molecule is CC(C)(C)OC(=O)N1CCOC(c2cn(-c3ncc([N+](=O)[O-])cc3F)cn2)C1. The molecule has 1 atom stereocenters. The van der Waals surface area contributed by atoms with Crippen molar-refractivity contribution >= 4 is 11.8 Å². The van der Waals surface area contributed by atoms with Crippen molar-refractivity contribution < 1.29 is 23.6 Å². The third kappa shape index (κ3) is 4.42. The summed E-state index contributed by atoms with van der Waals surface area (Å²) in [4.78, 5) is 31.8. The average Bonchev–Trinajstić information content (AvgIpc) is 3.10. The lowest BCUT2D eigenvalue weighted by Crippen LogP contribution is -2.44. The molecule has 2 aromatic heterocycles. The van der Waals surface area contributed by atoms with Gasteiger partial charge in [0.25, 0.3) is 5.69 Å². The minimum absolute atomic E-state index is 0.121. The minimum atomic E-state index is -0.849. The molecule has 0 N–H and O–H groups in total. The summed E-state index contributed by atoms with van der Waals surface area (Å²) in [7, 11) is 0. The van der Waals surface area contributed by atoms with E-state index >= 15 is 0 Å². The van der Waals surface area contributed by atoms with E-state index in [2.05, 4.69) is 9.97 Å². The average molecular weight is 393 g/mol. The van der Waals surface area contributed by atoms with Crippen LogP contribution in [-0.4, -0.2) is 55.7 Å². The maximum absolute atomic E-state index is 14.2. The number of ether oxygens (including phenoxy) is 2. The Balaban J connectivity index is 1.75. The Kier molecular flexibility index (Phi) is 5.27. The number of hydrogen-bond acceptors (Lipinski definition) is 7. The van der Waals surface area contributed by atoms with Crippen LogP contribution >= 0.6 is 0 Å². The molecule has 10 nitrogen and oxygen atoms in total. The Hall–Kier alpha value is -3.08. The van der Waals surface area contributed by atoms with E-state index in [1.165, 1.54) is 22.0 Å².